The maximum atomic E-state index is 13.0. The monoisotopic (exact) mass is 239 g/mol. The van der Waals surface area contributed by atoms with Gasteiger partial charge in [-0.2, -0.15) is 0 Å². The van der Waals surface area contributed by atoms with Crippen LogP contribution in [-0.2, 0) is 15.8 Å². The van der Waals surface area contributed by atoms with Gasteiger partial charge in [-0.1, -0.05) is 6.07 Å². The van der Waals surface area contributed by atoms with Crippen molar-refractivity contribution in [3.8, 4) is 0 Å². The fourth-order valence-corrected chi connectivity index (χ4v) is 1.73. The standard InChI is InChI=1S/C8H8F3NO2S/c1-12-15(13,14)4-5-2-3-6(9)8(11)7(5)10/h2-3,12H,4H2,1H3. The van der Waals surface area contributed by atoms with Crippen molar-refractivity contribution in [3.63, 3.8) is 0 Å². The fraction of sp³-hybridized carbons (Fsp3) is 0.250. The summed E-state index contributed by atoms with van der Waals surface area (Å²) < 4.78 is 62.2. The molecule has 3 nitrogen and oxygen atoms in total. The van der Waals surface area contributed by atoms with E-state index in [0.29, 0.717) is 6.07 Å². The molecule has 0 aliphatic heterocycles. The van der Waals surface area contributed by atoms with E-state index < -0.39 is 38.8 Å². The van der Waals surface area contributed by atoms with Crippen LogP contribution in [0.2, 0.25) is 0 Å². The molecule has 0 aliphatic rings. The molecule has 0 saturated carbocycles. The third-order valence-corrected chi connectivity index (χ3v) is 3.08. The van der Waals surface area contributed by atoms with Gasteiger partial charge in [-0.05, 0) is 13.1 Å². The molecular weight excluding hydrogens is 231 g/mol. The number of sulfonamides is 1. The average molecular weight is 239 g/mol. The summed E-state index contributed by atoms with van der Waals surface area (Å²) in [5.41, 5.74) is -0.414. The normalized spacial score (nSPS) is 11.7. The van der Waals surface area contributed by atoms with E-state index in [0.717, 1.165) is 13.1 Å². The van der Waals surface area contributed by atoms with Gasteiger partial charge in [0, 0.05) is 5.56 Å². The third kappa shape index (κ3) is 2.69. The molecule has 1 aromatic carbocycles. The van der Waals surface area contributed by atoms with Crippen LogP contribution in [0.3, 0.4) is 0 Å². The minimum Gasteiger partial charge on any atom is -0.218 e. The highest BCUT2D eigenvalue weighted by molar-refractivity contribution is 7.88. The molecule has 0 heterocycles. The van der Waals surface area contributed by atoms with Crippen molar-refractivity contribution in [2.24, 2.45) is 0 Å². The molecule has 1 rings (SSSR count). The maximum Gasteiger partial charge on any atom is 0.215 e. The molecule has 0 fully saturated rings. The van der Waals surface area contributed by atoms with E-state index in [2.05, 4.69) is 0 Å². The highest BCUT2D eigenvalue weighted by Crippen LogP contribution is 2.16. The molecule has 0 unspecified atom stereocenters. The van der Waals surface area contributed by atoms with Crippen LogP contribution in [0.5, 0.6) is 0 Å². The molecule has 0 radical (unpaired) electrons. The number of rotatable bonds is 3. The van der Waals surface area contributed by atoms with Crippen LogP contribution in [0.1, 0.15) is 5.56 Å². The summed E-state index contributed by atoms with van der Waals surface area (Å²) in [6, 6.07) is 1.57. The quantitative estimate of drug-likeness (QED) is 0.804. The Kier molecular flexibility index (Phi) is 3.35. The summed E-state index contributed by atoms with van der Waals surface area (Å²) in [7, 11) is -2.56. The van der Waals surface area contributed by atoms with Crippen molar-refractivity contribution < 1.29 is 21.6 Å². The van der Waals surface area contributed by atoms with Gasteiger partial charge in [0.1, 0.15) is 0 Å². The van der Waals surface area contributed by atoms with E-state index in [-0.39, 0.29) is 0 Å². The lowest BCUT2D eigenvalue weighted by Gasteiger charge is -2.04. The van der Waals surface area contributed by atoms with Crippen LogP contribution in [0.4, 0.5) is 13.2 Å². The van der Waals surface area contributed by atoms with E-state index >= 15 is 0 Å². The molecule has 0 saturated heterocycles. The predicted molar refractivity (Wildman–Crippen MR) is 48.0 cm³/mol. The SMILES string of the molecule is CNS(=O)(=O)Cc1ccc(F)c(F)c1F. The molecule has 0 bridgehead atoms. The number of hydrogen-bond acceptors (Lipinski definition) is 2. The van der Waals surface area contributed by atoms with Crippen LogP contribution >= 0.6 is 0 Å². The fourth-order valence-electron chi connectivity index (χ4n) is 0.954. The van der Waals surface area contributed by atoms with Crippen molar-refractivity contribution in [2.45, 2.75) is 5.75 Å². The lowest BCUT2D eigenvalue weighted by atomic mass is 10.2. The molecule has 1 N–H and O–H groups in total. The van der Waals surface area contributed by atoms with E-state index in [4.69, 9.17) is 0 Å². The van der Waals surface area contributed by atoms with Gasteiger partial charge in [0.25, 0.3) is 0 Å². The number of nitrogens with one attached hydrogen (secondary N) is 1. The molecule has 1 aromatic rings. The number of benzene rings is 1. The molecule has 0 spiro atoms. The number of halogens is 3. The zero-order valence-corrected chi connectivity index (χ0v) is 8.54. The van der Waals surface area contributed by atoms with Crippen LogP contribution in [0, 0.1) is 17.5 Å². The summed E-state index contributed by atoms with van der Waals surface area (Å²) in [5, 5.41) is 0. The molecule has 7 heteroatoms. The van der Waals surface area contributed by atoms with E-state index in [1.807, 2.05) is 4.72 Å². The Bertz CT molecular complexity index is 473. The third-order valence-electron chi connectivity index (χ3n) is 1.77. The number of hydrogen-bond donors (Lipinski definition) is 1. The molecule has 84 valence electrons. The second-order valence-corrected chi connectivity index (χ2v) is 4.72. The summed E-state index contributed by atoms with van der Waals surface area (Å²) in [6.07, 6.45) is 0. The van der Waals surface area contributed by atoms with Crippen LogP contribution < -0.4 is 4.72 Å². The Balaban J connectivity index is 3.13. The van der Waals surface area contributed by atoms with Gasteiger partial charge >= 0.3 is 0 Å². The first-order chi connectivity index (χ1) is 6.87. The highest BCUT2D eigenvalue weighted by atomic mass is 32.2. The second kappa shape index (κ2) is 4.19. The van der Waals surface area contributed by atoms with Gasteiger partial charge < -0.3 is 0 Å². The van der Waals surface area contributed by atoms with E-state index in [9.17, 15) is 21.6 Å². The first-order valence-electron chi connectivity index (χ1n) is 3.91. The van der Waals surface area contributed by atoms with Crippen LogP contribution in [-0.4, -0.2) is 15.5 Å². The molecular formula is C8H8F3NO2S. The average Bonchev–Trinajstić information content (AvgIpc) is 2.19. The van der Waals surface area contributed by atoms with Gasteiger partial charge in [0.2, 0.25) is 10.0 Å². The smallest absolute Gasteiger partial charge is 0.215 e. The molecule has 0 atom stereocenters. The van der Waals surface area contributed by atoms with Crippen molar-refractivity contribution in [1.82, 2.24) is 4.72 Å². The summed E-state index contributed by atoms with van der Waals surface area (Å²) in [4.78, 5) is 0. The zero-order chi connectivity index (χ0) is 11.6. The maximum absolute atomic E-state index is 13.0. The Labute approximate surface area is 85.0 Å². The van der Waals surface area contributed by atoms with Crippen LogP contribution in [0.25, 0.3) is 0 Å². The minimum absolute atomic E-state index is 0.414. The Hall–Kier alpha value is -1.08. The van der Waals surface area contributed by atoms with Crippen LogP contribution in [0.15, 0.2) is 12.1 Å². The first kappa shape index (κ1) is 12.0. The largest absolute Gasteiger partial charge is 0.218 e. The Morgan fingerprint density at radius 3 is 2.33 bits per heavy atom. The second-order valence-electron chi connectivity index (χ2n) is 2.80. The van der Waals surface area contributed by atoms with Gasteiger partial charge in [0.05, 0.1) is 5.75 Å². The highest BCUT2D eigenvalue weighted by Gasteiger charge is 2.17. The van der Waals surface area contributed by atoms with E-state index in [1.54, 1.807) is 0 Å². The summed E-state index contributed by atoms with van der Waals surface area (Å²) >= 11 is 0. The zero-order valence-electron chi connectivity index (χ0n) is 7.72. The van der Waals surface area contributed by atoms with Gasteiger partial charge in [0.15, 0.2) is 17.5 Å². The topological polar surface area (TPSA) is 46.2 Å². The molecule has 0 aromatic heterocycles. The van der Waals surface area contributed by atoms with Crippen molar-refractivity contribution in [2.75, 3.05) is 7.05 Å². The van der Waals surface area contributed by atoms with Gasteiger partial charge in [-0.3, -0.25) is 0 Å². The predicted octanol–water partition coefficient (Wildman–Crippen LogP) is 1.15. The first-order valence-corrected chi connectivity index (χ1v) is 5.56. The van der Waals surface area contributed by atoms with Gasteiger partial charge in [-0.25, -0.2) is 26.3 Å². The summed E-state index contributed by atoms with van der Waals surface area (Å²) in [5.74, 6) is -5.22. The Morgan fingerprint density at radius 1 is 1.20 bits per heavy atom. The molecule has 15 heavy (non-hydrogen) atoms. The summed E-state index contributed by atoms with van der Waals surface area (Å²) in [6.45, 7) is 0. The van der Waals surface area contributed by atoms with Crippen molar-refractivity contribution >= 4 is 10.0 Å². The Morgan fingerprint density at radius 2 is 1.80 bits per heavy atom. The lowest BCUT2D eigenvalue weighted by molar-refractivity contribution is 0.442. The van der Waals surface area contributed by atoms with Gasteiger partial charge in [-0.15, -0.1) is 0 Å². The van der Waals surface area contributed by atoms with Crippen molar-refractivity contribution in [3.05, 3.63) is 35.1 Å². The van der Waals surface area contributed by atoms with E-state index in [1.165, 1.54) is 0 Å². The minimum atomic E-state index is -3.70. The van der Waals surface area contributed by atoms with Crippen molar-refractivity contribution in [1.29, 1.82) is 0 Å². The molecule has 0 amide bonds. The lowest BCUT2D eigenvalue weighted by Crippen LogP contribution is -2.21. The molecule has 0 aliphatic carbocycles.